The molecule has 16 heavy (non-hydrogen) atoms. The number of phenols is 2. The number of anilines is 2. The van der Waals surface area contributed by atoms with Gasteiger partial charge in [0.1, 0.15) is 11.4 Å². The minimum absolute atomic E-state index is 0.473. The van der Waals surface area contributed by atoms with Crippen LogP contribution in [-0.2, 0) is 14.7 Å². The summed E-state index contributed by atoms with van der Waals surface area (Å²) in [7, 11) is -4.54. The number of nitrogens with two attached hydrogens (primary N) is 2. The van der Waals surface area contributed by atoms with Crippen LogP contribution in [0.3, 0.4) is 0 Å². The van der Waals surface area contributed by atoms with Gasteiger partial charge in [0.15, 0.2) is 5.75 Å². The van der Waals surface area contributed by atoms with Crippen molar-refractivity contribution in [3.8, 4) is 23.0 Å². The van der Waals surface area contributed by atoms with Crippen LogP contribution in [0.1, 0.15) is 0 Å². The first-order chi connectivity index (χ1) is 7.33. The summed E-state index contributed by atoms with van der Waals surface area (Å²) in [4.78, 5) is 4.22. The molecule has 0 saturated heterocycles. The second kappa shape index (κ2) is 2.96. The number of fused-ring (bicyclic) bond motifs is 2. The summed E-state index contributed by atoms with van der Waals surface area (Å²) < 4.78 is 30.1. The third kappa shape index (κ3) is 1.31. The Kier molecular flexibility index (Phi) is 1.93. The summed E-state index contributed by atoms with van der Waals surface area (Å²) in [6.07, 6.45) is 0. The monoisotopic (exact) mass is 250 g/mol. The minimum atomic E-state index is -4.54. The predicted octanol–water partition coefficient (Wildman–Crippen LogP) is -0.790. The number of rotatable bonds is 0. The van der Waals surface area contributed by atoms with Gasteiger partial charge in [-0.2, -0.15) is 8.42 Å². The third-order valence-electron chi connectivity index (χ3n) is 1.82. The highest BCUT2D eigenvalue weighted by molar-refractivity contribution is 7.82. The molecule has 2 rings (SSSR count). The standard InChI is InChI=1S/C6H6N2O7S/c7-1-3(9)2(8)6-4(10)5(1)13-15-16(11,12)14-6/h9-10H,7-8H2. The summed E-state index contributed by atoms with van der Waals surface area (Å²) in [6, 6.07) is 0. The summed E-state index contributed by atoms with van der Waals surface area (Å²) >= 11 is 0. The van der Waals surface area contributed by atoms with Crippen molar-refractivity contribution < 1.29 is 32.0 Å². The van der Waals surface area contributed by atoms with E-state index in [1.165, 1.54) is 0 Å². The van der Waals surface area contributed by atoms with Gasteiger partial charge in [0.05, 0.1) is 0 Å². The molecule has 0 aliphatic carbocycles. The first kappa shape index (κ1) is 10.4. The average molecular weight is 250 g/mol. The van der Waals surface area contributed by atoms with E-state index in [1.807, 2.05) is 0 Å². The van der Waals surface area contributed by atoms with Crippen LogP contribution in [0.15, 0.2) is 0 Å². The Morgan fingerprint density at radius 3 is 2.19 bits per heavy atom. The molecule has 6 N–H and O–H groups in total. The molecule has 10 heteroatoms. The molecule has 0 unspecified atom stereocenters. The molecule has 0 saturated carbocycles. The van der Waals surface area contributed by atoms with E-state index >= 15 is 0 Å². The van der Waals surface area contributed by atoms with Crippen LogP contribution < -0.4 is 20.5 Å². The number of aromatic hydroxyl groups is 2. The fourth-order valence-corrected chi connectivity index (χ4v) is 1.63. The maximum Gasteiger partial charge on any atom is 0.485 e. The van der Waals surface area contributed by atoms with Gasteiger partial charge in [0.25, 0.3) is 0 Å². The molecule has 0 radical (unpaired) electrons. The van der Waals surface area contributed by atoms with Gasteiger partial charge < -0.3 is 30.8 Å². The van der Waals surface area contributed by atoms with Crippen LogP contribution in [0.5, 0.6) is 23.0 Å². The van der Waals surface area contributed by atoms with E-state index in [0.29, 0.717) is 0 Å². The molecule has 1 heterocycles. The lowest BCUT2D eigenvalue weighted by Crippen LogP contribution is -2.13. The molecular weight excluding hydrogens is 244 g/mol. The zero-order valence-electron chi connectivity index (χ0n) is 7.50. The first-order valence-electron chi connectivity index (χ1n) is 3.77. The fourth-order valence-electron chi connectivity index (χ4n) is 1.08. The van der Waals surface area contributed by atoms with Crippen molar-refractivity contribution in [2.24, 2.45) is 0 Å². The van der Waals surface area contributed by atoms with Crippen molar-refractivity contribution in [1.82, 2.24) is 0 Å². The molecule has 1 aromatic rings. The van der Waals surface area contributed by atoms with E-state index < -0.39 is 44.8 Å². The molecule has 88 valence electrons. The smallest absolute Gasteiger partial charge is 0.485 e. The highest BCUT2D eigenvalue weighted by Gasteiger charge is 2.33. The van der Waals surface area contributed by atoms with Crippen LogP contribution in [0.25, 0.3) is 0 Å². The lowest BCUT2D eigenvalue weighted by Gasteiger charge is -2.09. The summed E-state index contributed by atoms with van der Waals surface area (Å²) in [5.74, 6) is -2.76. The number of phenolic OH excluding ortho intramolecular Hbond substituents is 2. The first-order valence-corrected chi connectivity index (χ1v) is 5.10. The molecule has 0 atom stereocenters. The van der Waals surface area contributed by atoms with Gasteiger partial charge in [0, 0.05) is 0 Å². The average Bonchev–Trinajstić information content (AvgIpc) is 2.30. The topological polar surface area (TPSA) is 154 Å². The Morgan fingerprint density at radius 2 is 1.56 bits per heavy atom. The van der Waals surface area contributed by atoms with Gasteiger partial charge in [-0.15, -0.1) is 0 Å². The van der Waals surface area contributed by atoms with Crippen molar-refractivity contribution in [2.75, 3.05) is 11.5 Å². The maximum absolute atomic E-state index is 11.0. The minimum Gasteiger partial charge on any atom is -0.504 e. The molecular formula is C6H6N2O7S. The lowest BCUT2D eigenvalue weighted by molar-refractivity contribution is -0.0986. The van der Waals surface area contributed by atoms with Crippen LogP contribution in [-0.4, -0.2) is 18.6 Å². The van der Waals surface area contributed by atoms with Crippen LogP contribution >= 0.6 is 0 Å². The number of benzene rings is 1. The Labute approximate surface area is 89.0 Å². The highest BCUT2D eigenvalue weighted by atomic mass is 32.3. The van der Waals surface area contributed by atoms with Gasteiger partial charge in [-0.3, -0.25) is 0 Å². The van der Waals surface area contributed by atoms with E-state index in [-0.39, 0.29) is 0 Å². The van der Waals surface area contributed by atoms with E-state index in [2.05, 4.69) is 13.4 Å². The number of nitrogen functional groups attached to an aromatic ring is 2. The third-order valence-corrected chi connectivity index (χ3v) is 2.42. The second-order valence-electron chi connectivity index (χ2n) is 2.83. The van der Waals surface area contributed by atoms with Crippen molar-refractivity contribution in [3.05, 3.63) is 0 Å². The van der Waals surface area contributed by atoms with E-state index in [0.717, 1.165) is 0 Å². The molecule has 0 fully saturated rings. The summed E-state index contributed by atoms with van der Waals surface area (Å²) in [6.45, 7) is 0. The molecule has 9 nitrogen and oxygen atoms in total. The quantitative estimate of drug-likeness (QED) is 0.200. The van der Waals surface area contributed by atoms with Gasteiger partial charge in [-0.25, -0.2) is 0 Å². The van der Waals surface area contributed by atoms with Crippen molar-refractivity contribution in [3.63, 3.8) is 0 Å². The fraction of sp³-hybridized carbons (Fsp3) is 0. The van der Waals surface area contributed by atoms with Gasteiger partial charge >= 0.3 is 10.4 Å². The molecule has 0 aromatic heterocycles. The molecule has 0 amide bonds. The number of hydrogen-bond acceptors (Lipinski definition) is 9. The Balaban J connectivity index is 2.79. The van der Waals surface area contributed by atoms with Crippen LogP contribution in [0.2, 0.25) is 0 Å². The van der Waals surface area contributed by atoms with E-state index in [4.69, 9.17) is 11.5 Å². The SMILES string of the molecule is Nc1c(O)c(N)c2c(O)c1OOS(=O)(=O)O2. The van der Waals surface area contributed by atoms with Crippen LogP contribution in [0, 0.1) is 0 Å². The molecule has 1 aliphatic heterocycles. The Morgan fingerprint density at radius 1 is 1.00 bits per heavy atom. The Bertz CT molecular complexity index is 567. The van der Waals surface area contributed by atoms with E-state index in [9.17, 15) is 18.6 Å². The maximum atomic E-state index is 11.0. The zero-order chi connectivity index (χ0) is 12.1. The van der Waals surface area contributed by atoms with E-state index in [1.54, 1.807) is 0 Å². The normalized spacial score (nSPS) is 17.0. The molecule has 1 aliphatic rings. The highest BCUT2D eigenvalue weighted by Crippen LogP contribution is 2.53. The zero-order valence-corrected chi connectivity index (χ0v) is 8.32. The van der Waals surface area contributed by atoms with Crippen molar-refractivity contribution >= 4 is 21.8 Å². The molecule has 1 aromatic carbocycles. The van der Waals surface area contributed by atoms with Gasteiger partial charge in [-0.05, 0) is 4.33 Å². The van der Waals surface area contributed by atoms with Gasteiger partial charge in [0.2, 0.25) is 17.2 Å². The lowest BCUT2D eigenvalue weighted by atomic mass is 10.2. The van der Waals surface area contributed by atoms with Crippen molar-refractivity contribution in [2.45, 2.75) is 0 Å². The molecule has 2 bridgehead atoms. The van der Waals surface area contributed by atoms with Crippen molar-refractivity contribution in [1.29, 1.82) is 0 Å². The summed E-state index contributed by atoms with van der Waals surface area (Å²) in [5, 5.41) is 18.9. The summed E-state index contributed by atoms with van der Waals surface area (Å²) in [5.41, 5.74) is 9.59. The van der Waals surface area contributed by atoms with Gasteiger partial charge in [-0.1, -0.05) is 0 Å². The largest absolute Gasteiger partial charge is 0.504 e. The van der Waals surface area contributed by atoms with Crippen LogP contribution in [0.4, 0.5) is 11.4 Å². The second-order valence-corrected chi connectivity index (χ2v) is 3.95. The predicted molar refractivity (Wildman–Crippen MR) is 49.9 cm³/mol. The number of hydrogen-bond donors (Lipinski definition) is 4. The molecule has 0 spiro atoms. The Hall–Kier alpha value is -2.07.